The number of benzene rings is 3. The van der Waals surface area contributed by atoms with Crippen molar-refractivity contribution in [3.63, 3.8) is 0 Å². The SMILES string of the molecule is COc1ccc(C)cc1S(=O)(=O)N1CCC[C@H](C(=O)Nc2ccc3c(c2)N(S(=O)(=O)c2ccc(Cl)cc2)CC3)C1. The number of methoxy groups -OCH3 is 1. The molecule has 0 aliphatic carbocycles. The maximum Gasteiger partial charge on any atom is 0.264 e. The highest BCUT2D eigenvalue weighted by Gasteiger charge is 2.36. The molecule has 0 spiro atoms. The van der Waals surface area contributed by atoms with E-state index in [4.69, 9.17) is 16.3 Å². The Morgan fingerprint density at radius 1 is 0.975 bits per heavy atom. The number of nitrogens with zero attached hydrogens (tertiary/aromatic N) is 2. The summed E-state index contributed by atoms with van der Waals surface area (Å²) in [6.45, 7) is 2.44. The highest BCUT2D eigenvalue weighted by Crippen LogP contribution is 2.36. The van der Waals surface area contributed by atoms with Crippen LogP contribution in [0, 0.1) is 12.8 Å². The van der Waals surface area contributed by atoms with Crippen molar-refractivity contribution in [1.82, 2.24) is 4.31 Å². The van der Waals surface area contributed by atoms with Gasteiger partial charge in [-0.3, -0.25) is 9.10 Å². The molecule has 2 aliphatic rings. The number of anilines is 2. The summed E-state index contributed by atoms with van der Waals surface area (Å²) in [6, 6.07) is 16.2. The van der Waals surface area contributed by atoms with Gasteiger partial charge in [-0.25, -0.2) is 16.8 Å². The van der Waals surface area contributed by atoms with E-state index in [0.717, 1.165) is 11.1 Å². The van der Waals surface area contributed by atoms with Crippen molar-refractivity contribution < 1.29 is 26.4 Å². The molecule has 2 heterocycles. The number of halogens is 1. The highest BCUT2D eigenvalue weighted by molar-refractivity contribution is 7.92. The summed E-state index contributed by atoms with van der Waals surface area (Å²) in [4.78, 5) is 13.5. The summed E-state index contributed by atoms with van der Waals surface area (Å²) in [5.41, 5.74) is 2.60. The second-order valence-electron chi connectivity index (χ2n) is 9.97. The van der Waals surface area contributed by atoms with E-state index in [0.29, 0.717) is 42.2 Å². The number of sulfonamides is 2. The summed E-state index contributed by atoms with van der Waals surface area (Å²) in [6.07, 6.45) is 1.61. The van der Waals surface area contributed by atoms with Crippen LogP contribution >= 0.6 is 11.6 Å². The van der Waals surface area contributed by atoms with E-state index >= 15 is 0 Å². The molecule has 12 heteroatoms. The van der Waals surface area contributed by atoms with E-state index in [1.807, 2.05) is 13.0 Å². The van der Waals surface area contributed by atoms with Crippen molar-refractivity contribution >= 4 is 48.9 Å². The van der Waals surface area contributed by atoms with Gasteiger partial charge < -0.3 is 10.1 Å². The third kappa shape index (κ3) is 5.43. The molecule has 1 fully saturated rings. The lowest BCUT2D eigenvalue weighted by atomic mass is 9.98. The molecule has 0 unspecified atom stereocenters. The van der Waals surface area contributed by atoms with Crippen molar-refractivity contribution in [2.45, 2.75) is 36.0 Å². The topological polar surface area (TPSA) is 113 Å². The van der Waals surface area contributed by atoms with Crippen LogP contribution in [-0.2, 0) is 31.3 Å². The molecule has 1 N–H and O–H groups in total. The van der Waals surface area contributed by atoms with Gasteiger partial charge >= 0.3 is 0 Å². The van der Waals surface area contributed by atoms with Crippen molar-refractivity contribution in [3.8, 4) is 5.75 Å². The lowest BCUT2D eigenvalue weighted by Gasteiger charge is -2.31. The summed E-state index contributed by atoms with van der Waals surface area (Å²) in [5, 5.41) is 3.32. The Bertz CT molecular complexity index is 1660. The van der Waals surface area contributed by atoms with E-state index in [1.165, 1.54) is 40.0 Å². The predicted molar refractivity (Wildman–Crippen MR) is 154 cm³/mol. The average Bonchev–Trinajstić information content (AvgIpc) is 3.37. The molecule has 2 aliphatic heterocycles. The number of ether oxygens (including phenoxy) is 1. The van der Waals surface area contributed by atoms with Gasteiger partial charge in [0.15, 0.2) is 0 Å². The van der Waals surface area contributed by atoms with Crippen LogP contribution in [0.25, 0.3) is 0 Å². The fourth-order valence-electron chi connectivity index (χ4n) is 5.15. The zero-order valence-electron chi connectivity index (χ0n) is 22.1. The lowest BCUT2D eigenvalue weighted by Crippen LogP contribution is -2.43. The molecule has 1 saturated heterocycles. The molecule has 3 aromatic rings. The van der Waals surface area contributed by atoms with Crippen LogP contribution in [0.1, 0.15) is 24.0 Å². The Labute approximate surface area is 239 Å². The van der Waals surface area contributed by atoms with E-state index in [1.54, 1.807) is 30.3 Å². The van der Waals surface area contributed by atoms with Gasteiger partial charge in [0.2, 0.25) is 15.9 Å². The maximum atomic E-state index is 13.5. The Morgan fingerprint density at radius 2 is 1.73 bits per heavy atom. The van der Waals surface area contributed by atoms with Crippen molar-refractivity contribution in [1.29, 1.82) is 0 Å². The normalized spacial score (nSPS) is 17.9. The van der Waals surface area contributed by atoms with Crippen LogP contribution < -0.4 is 14.4 Å². The Morgan fingerprint density at radius 3 is 2.45 bits per heavy atom. The molecule has 5 rings (SSSR count). The quantitative estimate of drug-likeness (QED) is 0.427. The number of fused-ring (bicyclic) bond motifs is 1. The number of hydrogen-bond acceptors (Lipinski definition) is 6. The molecule has 1 amide bonds. The van der Waals surface area contributed by atoms with E-state index in [-0.39, 0.29) is 34.5 Å². The minimum atomic E-state index is -3.88. The van der Waals surface area contributed by atoms with Crippen molar-refractivity contribution in [2.24, 2.45) is 5.92 Å². The maximum absolute atomic E-state index is 13.5. The van der Waals surface area contributed by atoms with Gasteiger partial charge in [0.1, 0.15) is 10.6 Å². The van der Waals surface area contributed by atoms with Gasteiger partial charge in [-0.1, -0.05) is 23.7 Å². The van der Waals surface area contributed by atoms with Crippen molar-refractivity contribution in [2.75, 3.05) is 36.4 Å². The predicted octanol–water partition coefficient (Wildman–Crippen LogP) is 4.45. The van der Waals surface area contributed by atoms with Crippen LogP contribution in [-0.4, -0.2) is 53.8 Å². The zero-order valence-corrected chi connectivity index (χ0v) is 24.5. The first-order valence-corrected chi connectivity index (χ1v) is 16.1. The first-order valence-electron chi connectivity index (χ1n) is 12.9. The minimum absolute atomic E-state index is 0.0350. The third-order valence-corrected chi connectivity index (χ3v) is 11.3. The van der Waals surface area contributed by atoms with Crippen LogP contribution in [0.3, 0.4) is 0 Å². The second kappa shape index (κ2) is 11.0. The molecule has 0 bridgehead atoms. The van der Waals surface area contributed by atoms with Gasteiger partial charge in [-0.2, -0.15) is 4.31 Å². The fourth-order valence-corrected chi connectivity index (χ4v) is 8.54. The van der Waals surface area contributed by atoms with Crippen molar-refractivity contribution in [3.05, 3.63) is 76.8 Å². The molecule has 9 nitrogen and oxygen atoms in total. The molecule has 0 saturated carbocycles. The number of amides is 1. The van der Waals surface area contributed by atoms with Gasteiger partial charge in [0.25, 0.3) is 10.0 Å². The van der Waals surface area contributed by atoms with Gasteiger partial charge in [0, 0.05) is 30.3 Å². The third-order valence-electron chi connectivity index (χ3n) is 7.30. The van der Waals surface area contributed by atoms with Crippen LogP contribution in [0.2, 0.25) is 5.02 Å². The minimum Gasteiger partial charge on any atom is -0.495 e. The van der Waals surface area contributed by atoms with Gasteiger partial charge in [-0.05, 0) is 85.8 Å². The molecular weight excluding hydrogens is 574 g/mol. The van der Waals surface area contributed by atoms with Crippen LogP contribution in [0.5, 0.6) is 5.75 Å². The molecule has 1 atom stereocenters. The Hall–Kier alpha value is -3.12. The first kappa shape index (κ1) is 28.4. The number of hydrogen-bond donors (Lipinski definition) is 1. The number of rotatable bonds is 7. The van der Waals surface area contributed by atoms with E-state index in [2.05, 4.69) is 5.32 Å². The number of carbonyl (C=O) groups excluding carboxylic acids is 1. The first-order chi connectivity index (χ1) is 19.0. The highest BCUT2D eigenvalue weighted by atomic mass is 35.5. The summed E-state index contributed by atoms with van der Waals surface area (Å²) < 4.78 is 61.6. The van der Waals surface area contributed by atoms with Crippen LogP contribution in [0.4, 0.5) is 11.4 Å². The largest absolute Gasteiger partial charge is 0.495 e. The standard InChI is InChI=1S/C28H30ClN3O6S2/c1-19-5-12-26(38-2)27(16-19)40(36,37)31-14-3-4-21(18-31)28(33)30-23-9-6-20-13-15-32(25(20)17-23)39(34,35)24-10-7-22(29)8-11-24/h5-12,16-17,21H,3-4,13-15,18H2,1-2H3,(H,30,33)/t21-/m0/s1. The number of carbonyl (C=O) groups is 1. The number of aryl methyl sites for hydroxylation is 1. The lowest BCUT2D eigenvalue weighted by molar-refractivity contribution is -0.120. The summed E-state index contributed by atoms with van der Waals surface area (Å²) in [7, 11) is -6.27. The summed E-state index contributed by atoms with van der Waals surface area (Å²) >= 11 is 5.93. The number of nitrogens with one attached hydrogen (secondary N) is 1. The Balaban J connectivity index is 1.33. The molecule has 3 aromatic carbocycles. The van der Waals surface area contributed by atoms with Gasteiger partial charge in [-0.15, -0.1) is 0 Å². The van der Waals surface area contributed by atoms with Gasteiger partial charge in [0.05, 0.1) is 23.6 Å². The zero-order chi connectivity index (χ0) is 28.7. The fraction of sp³-hybridized carbons (Fsp3) is 0.321. The molecule has 0 aromatic heterocycles. The molecule has 212 valence electrons. The smallest absolute Gasteiger partial charge is 0.264 e. The molecule has 40 heavy (non-hydrogen) atoms. The Kier molecular flexibility index (Phi) is 7.84. The number of piperidine rings is 1. The monoisotopic (exact) mass is 603 g/mol. The van der Waals surface area contributed by atoms with Crippen LogP contribution in [0.15, 0.2) is 70.5 Å². The molecular formula is C28H30ClN3O6S2. The summed E-state index contributed by atoms with van der Waals surface area (Å²) in [5.74, 6) is -0.629. The van der Waals surface area contributed by atoms with E-state index < -0.39 is 26.0 Å². The average molecular weight is 604 g/mol. The molecule has 0 radical (unpaired) electrons. The van der Waals surface area contributed by atoms with E-state index in [9.17, 15) is 21.6 Å². The second-order valence-corrected chi connectivity index (χ2v) is 14.2.